The molecule has 0 aliphatic carbocycles. The lowest BCUT2D eigenvalue weighted by atomic mass is 10.3. The average Bonchev–Trinajstić information content (AvgIpc) is 2.22. The summed E-state index contributed by atoms with van der Waals surface area (Å²) >= 11 is 0. The van der Waals surface area contributed by atoms with Crippen molar-refractivity contribution in [2.45, 2.75) is 13.8 Å². The Morgan fingerprint density at radius 2 is 1.85 bits per heavy atom. The van der Waals surface area contributed by atoms with Gasteiger partial charge in [-0.05, 0) is 12.1 Å². The molecular formula is C10H14N2O. The van der Waals surface area contributed by atoms with Crippen LogP contribution in [0.25, 0.3) is 0 Å². The summed E-state index contributed by atoms with van der Waals surface area (Å²) < 4.78 is 0. The van der Waals surface area contributed by atoms with Crippen LogP contribution in [0.15, 0.2) is 30.3 Å². The fourth-order valence-electron chi connectivity index (χ4n) is 0.700. The van der Waals surface area contributed by atoms with Gasteiger partial charge in [-0.25, -0.2) is 0 Å². The second-order valence-electron chi connectivity index (χ2n) is 2.00. The topological polar surface area (TPSA) is 53.0 Å². The normalized spacial score (nSPS) is 7.85. The minimum absolute atomic E-state index is 0.406. The molecular weight excluding hydrogens is 164 g/mol. The van der Waals surface area contributed by atoms with Crippen LogP contribution in [0.1, 0.15) is 13.8 Å². The highest BCUT2D eigenvalue weighted by molar-refractivity contribution is 6.30. The zero-order chi connectivity index (χ0) is 10.1. The van der Waals surface area contributed by atoms with Crippen molar-refractivity contribution >= 4 is 17.8 Å². The Morgan fingerprint density at radius 1 is 1.31 bits per heavy atom. The molecule has 1 amide bonds. The fourth-order valence-corrected chi connectivity index (χ4v) is 0.700. The summed E-state index contributed by atoms with van der Waals surface area (Å²) in [6, 6.07) is 9.03. The first-order valence-corrected chi connectivity index (χ1v) is 4.19. The van der Waals surface area contributed by atoms with E-state index in [1.807, 2.05) is 32.0 Å². The summed E-state index contributed by atoms with van der Waals surface area (Å²) in [5, 5.41) is 9.13. The molecule has 0 fully saturated rings. The van der Waals surface area contributed by atoms with Gasteiger partial charge in [0.05, 0.1) is 6.21 Å². The third-order valence-corrected chi connectivity index (χ3v) is 1.17. The molecule has 0 spiro atoms. The monoisotopic (exact) mass is 178 g/mol. The SMILES string of the molecule is CC.N=CC(=O)Nc1ccccc1. The number of rotatable bonds is 2. The standard InChI is InChI=1S/C8H8N2O.C2H6/c9-6-8(11)10-7-4-2-1-3-5-7;1-2/h1-6,9H,(H,10,11);1-2H3. The Hall–Kier alpha value is -1.64. The van der Waals surface area contributed by atoms with E-state index in [2.05, 4.69) is 5.32 Å². The van der Waals surface area contributed by atoms with Crippen LogP contribution in [-0.4, -0.2) is 12.1 Å². The van der Waals surface area contributed by atoms with Crippen molar-refractivity contribution in [3.8, 4) is 0 Å². The Bertz CT molecular complexity index is 257. The van der Waals surface area contributed by atoms with Gasteiger partial charge in [-0.3, -0.25) is 4.79 Å². The number of benzene rings is 1. The van der Waals surface area contributed by atoms with Crippen molar-refractivity contribution in [2.24, 2.45) is 0 Å². The molecule has 0 radical (unpaired) electrons. The van der Waals surface area contributed by atoms with Crippen molar-refractivity contribution in [1.82, 2.24) is 0 Å². The second-order valence-corrected chi connectivity index (χ2v) is 2.00. The Kier molecular flexibility index (Phi) is 6.15. The van der Waals surface area contributed by atoms with Crippen molar-refractivity contribution in [1.29, 1.82) is 5.41 Å². The van der Waals surface area contributed by atoms with Gasteiger partial charge in [0.15, 0.2) is 0 Å². The lowest BCUT2D eigenvalue weighted by Gasteiger charge is -1.98. The number of para-hydroxylation sites is 1. The van der Waals surface area contributed by atoms with Crippen LogP contribution in [0.2, 0.25) is 0 Å². The molecule has 13 heavy (non-hydrogen) atoms. The summed E-state index contributed by atoms with van der Waals surface area (Å²) in [6.07, 6.45) is 0.743. The molecule has 0 bridgehead atoms. The van der Waals surface area contributed by atoms with Gasteiger partial charge in [-0.2, -0.15) is 0 Å². The number of amides is 1. The molecule has 0 saturated carbocycles. The second kappa shape index (κ2) is 7.03. The molecule has 1 aromatic rings. The van der Waals surface area contributed by atoms with Gasteiger partial charge in [0.2, 0.25) is 0 Å². The van der Waals surface area contributed by atoms with Gasteiger partial charge in [0.1, 0.15) is 0 Å². The number of carbonyl (C=O) groups excluding carboxylic acids is 1. The summed E-state index contributed by atoms with van der Waals surface area (Å²) in [7, 11) is 0. The molecule has 0 aliphatic rings. The first-order chi connectivity index (χ1) is 6.33. The first-order valence-electron chi connectivity index (χ1n) is 4.19. The van der Waals surface area contributed by atoms with Crippen LogP contribution in [0.3, 0.4) is 0 Å². The van der Waals surface area contributed by atoms with Crippen LogP contribution in [-0.2, 0) is 4.79 Å². The zero-order valence-corrected chi connectivity index (χ0v) is 7.87. The minimum Gasteiger partial charge on any atom is -0.321 e. The Morgan fingerprint density at radius 3 is 2.31 bits per heavy atom. The summed E-state index contributed by atoms with van der Waals surface area (Å²) in [5.74, 6) is -0.406. The predicted octanol–water partition coefficient (Wildman–Crippen LogP) is 2.30. The number of anilines is 1. The molecule has 70 valence electrons. The summed E-state index contributed by atoms with van der Waals surface area (Å²) in [4.78, 5) is 10.6. The highest BCUT2D eigenvalue weighted by Crippen LogP contribution is 2.03. The minimum atomic E-state index is -0.406. The maximum atomic E-state index is 10.6. The molecule has 0 heterocycles. The van der Waals surface area contributed by atoms with E-state index in [1.165, 1.54) is 0 Å². The molecule has 0 unspecified atom stereocenters. The van der Waals surface area contributed by atoms with Gasteiger partial charge in [0, 0.05) is 5.69 Å². The predicted molar refractivity (Wildman–Crippen MR) is 55.2 cm³/mol. The van der Waals surface area contributed by atoms with Crippen molar-refractivity contribution in [3.05, 3.63) is 30.3 Å². The number of hydrogen-bond acceptors (Lipinski definition) is 2. The quantitative estimate of drug-likeness (QED) is 0.671. The largest absolute Gasteiger partial charge is 0.321 e. The molecule has 0 atom stereocenters. The number of carbonyl (C=O) groups is 1. The van der Waals surface area contributed by atoms with E-state index in [9.17, 15) is 4.79 Å². The van der Waals surface area contributed by atoms with E-state index in [1.54, 1.807) is 12.1 Å². The van der Waals surface area contributed by atoms with Gasteiger partial charge >= 0.3 is 0 Å². The van der Waals surface area contributed by atoms with Crippen LogP contribution < -0.4 is 5.32 Å². The third-order valence-electron chi connectivity index (χ3n) is 1.17. The molecule has 3 heteroatoms. The van der Waals surface area contributed by atoms with Gasteiger partial charge in [-0.1, -0.05) is 32.0 Å². The van der Waals surface area contributed by atoms with E-state index in [4.69, 9.17) is 5.41 Å². The summed E-state index contributed by atoms with van der Waals surface area (Å²) in [5.41, 5.74) is 0.709. The molecule has 1 rings (SSSR count). The Labute approximate surface area is 78.3 Å². The molecule has 0 aromatic heterocycles. The first kappa shape index (κ1) is 11.4. The van der Waals surface area contributed by atoms with Crippen molar-refractivity contribution < 1.29 is 4.79 Å². The van der Waals surface area contributed by atoms with Crippen LogP contribution >= 0.6 is 0 Å². The molecule has 0 aliphatic heterocycles. The lowest BCUT2D eigenvalue weighted by Crippen LogP contribution is -2.11. The average molecular weight is 178 g/mol. The molecule has 3 nitrogen and oxygen atoms in total. The molecule has 1 aromatic carbocycles. The number of nitrogens with one attached hydrogen (secondary N) is 2. The lowest BCUT2D eigenvalue weighted by molar-refractivity contribution is -0.110. The number of hydrogen-bond donors (Lipinski definition) is 2. The van der Waals surface area contributed by atoms with E-state index in [0.29, 0.717) is 5.69 Å². The summed E-state index contributed by atoms with van der Waals surface area (Å²) in [6.45, 7) is 4.00. The smallest absolute Gasteiger partial charge is 0.266 e. The third kappa shape index (κ3) is 4.74. The maximum Gasteiger partial charge on any atom is 0.266 e. The van der Waals surface area contributed by atoms with Crippen molar-refractivity contribution in [2.75, 3.05) is 5.32 Å². The van der Waals surface area contributed by atoms with Gasteiger partial charge in [0.25, 0.3) is 5.91 Å². The van der Waals surface area contributed by atoms with Crippen LogP contribution in [0.5, 0.6) is 0 Å². The fraction of sp³-hybridized carbons (Fsp3) is 0.200. The van der Waals surface area contributed by atoms with E-state index in [0.717, 1.165) is 6.21 Å². The maximum absolute atomic E-state index is 10.6. The van der Waals surface area contributed by atoms with E-state index >= 15 is 0 Å². The highest BCUT2D eigenvalue weighted by Gasteiger charge is 1.93. The van der Waals surface area contributed by atoms with Crippen LogP contribution in [0, 0.1) is 5.41 Å². The molecule has 0 saturated heterocycles. The zero-order valence-electron chi connectivity index (χ0n) is 7.87. The van der Waals surface area contributed by atoms with Crippen LogP contribution in [0.4, 0.5) is 5.69 Å². The van der Waals surface area contributed by atoms with Gasteiger partial charge < -0.3 is 10.7 Å². The molecule has 2 N–H and O–H groups in total. The van der Waals surface area contributed by atoms with E-state index in [-0.39, 0.29) is 0 Å². The van der Waals surface area contributed by atoms with E-state index < -0.39 is 5.91 Å². The Balaban J connectivity index is 0.000000671. The highest BCUT2D eigenvalue weighted by atomic mass is 16.1. The van der Waals surface area contributed by atoms with Gasteiger partial charge in [-0.15, -0.1) is 0 Å². The van der Waals surface area contributed by atoms with Crippen molar-refractivity contribution in [3.63, 3.8) is 0 Å².